The third-order valence-electron chi connectivity index (χ3n) is 2.93. The lowest BCUT2D eigenvalue weighted by Crippen LogP contribution is -2.16. The van der Waals surface area contributed by atoms with Crippen LogP contribution in [0.1, 0.15) is 5.56 Å². The summed E-state index contributed by atoms with van der Waals surface area (Å²) in [5.74, 6) is -4.08. The van der Waals surface area contributed by atoms with Crippen LogP contribution in [0, 0.1) is 5.82 Å². The van der Waals surface area contributed by atoms with Crippen LogP contribution in [-0.4, -0.2) is 11.5 Å². The number of hydrogen-bond donors (Lipinski definition) is 2. The molecule has 2 aromatic rings. The average Bonchev–Trinajstić information content (AvgIpc) is 2.70. The summed E-state index contributed by atoms with van der Waals surface area (Å²) in [7, 11) is 0. The second-order valence-corrected chi connectivity index (χ2v) is 4.38. The molecule has 1 aliphatic rings. The van der Waals surface area contributed by atoms with Crippen molar-refractivity contribution in [3.63, 3.8) is 0 Å². The van der Waals surface area contributed by atoms with Crippen LogP contribution in [0.15, 0.2) is 30.5 Å². The molecule has 1 aromatic carbocycles. The van der Waals surface area contributed by atoms with Crippen LogP contribution in [0.5, 0.6) is 11.5 Å². The fourth-order valence-electron chi connectivity index (χ4n) is 2.02. The number of nitrogens with zero attached hydrogens (tertiary/aromatic N) is 1. The van der Waals surface area contributed by atoms with Gasteiger partial charge < -0.3 is 15.8 Å². The molecule has 0 bridgehead atoms. The fraction of sp³-hybridized carbons (Fsp3) is 0.154. The number of anilines is 2. The highest BCUT2D eigenvalue weighted by molar-refractivity contribution is 5.60. The van der Waals surface area contributed by atoms with E-state index >= 15 is 0 Å². The standard InChI is InChI=1S/C13H10F3N3O/c14-8-5-7(17)1-2-9(8)20-10-3-4-18-12-11(10)13(15,16)6-19-12/h1-5H,6,17H2,(H,18,19). The summed E-state index contributed by atoms with van der Waals surface area (Å²) in [6, 6.07) is 5.05. The van der Waals surface area contributed by atoms with Gasteiger partial charge in [0, 0.05) is 18.0 Å². The van der Waals surface area contributed by atoms with Crippen molar-refractivity contribution in [1.82, 2.24) is 4.98 Å². The normalized spacial score (nSPS) is 15.6. The van der Waals surface area contributed by atoms with Crippen molar-refractivity contribution in [2.24, 2.45) is 0 Å². The molecule has 2 heterocycles. The predicted octanol–water partition coefficient (Wildman–Crippen LogP) is 3.11. The molecule has 1 aliphatic heterocycles. The molecule has 104 valence electrons. The average molecular weight is 281 g/mol. The largest absolute Gasteiger partial charge is 0.454 e. The van der Waals surface area contributed by atoms with Gasteiger partial charge in [0.05, 0.1) is 6.54 Å². The number of nitrogens with one attached hydrogen (secondary N) is 1. The van der Waals surface area contributed by atoms with Gasteiger partial charge in [0.25, 0.3) is 5.92 Å². The quantitative estimate of drug-likeness (QED) is 0.830. The summed E-state index contributed by atoms with van der Waals surface area (Å²) >= 11 is 0. The summed E-state index contributed by atoms with van der Waals surface area (Å²) in [4.78, 5) is 3.81. The van der Waals surface area contributed by atoms with Crippen molar-refractivity contribution in [1.29, 1.82) is 0 Å². The van der Waals surface area contributed by atoms with Crippen LogP contribution in [-0.2, 0) is 5.92 Å². The van der Waals surface area contributed by atoms with Crippen LogP contribution in [0.2, 0.25) is 0 Å². The van der Waals surface area contributed by atoms with E-state index in [0.29, 0.717) is 0 Å². The van der Waals surface area contributed by atoms with Gasteiger partial charge in [-0.15, -0.1) is 0 Å². The molecule has 0 amide bonds. The number of halogens is 3. The second kappa shape index (κ2) is 4.29. The Morgan fingerprint density at radius 3 is 2.80 bits per heavy atom. The zero-order valence-corrected chi connectivity index (χ0v) is 10.2. The maximum atomic E-state index is 13.8. The molecule has 20 heavy (non-hydrogen) atoms. The van der Waals surface area contributed by atoms with Gasteiger partial charge in [0.15, 0.2) is 11.6 Å². The number of nitrogens with two attached hydrogens (primary N) is 1. The van der Waals surface area contributed by atoms with E-state index in [1.807, 2.05) is 0 Å². The summed E-state index contributed by atoms with van der Waals surface area (Å²) in [6.07, 6.45) is 1.32. The van der Waals surface area contributed by atoms with E-state index in [4.69, 9.17) is 10.5 Å². The monoisotopic (exact) mass is 281 g/mol. The lowest BCUT2D eigenvalue weighted by atomic mass is 10.1. The van der Waals surface area contributed by atoms with Gasteiger partial charge in [-0.25, -0.2) is 9.37 Å². The van der Waals surface area contributed by atoms with E-state index in [1.54, 1.807) is 0 Å². The zero-order valence-electron chi connectivity index (χ0n) is 10.2. The van der Waals surface area contributed by atoms with E-state index in [-0.39, 0.29) is 28.6 Å². The van der Waals surface area contributed by atoms with Gasteiger partial charge in [0.2, 0.25) is 0 Å². The molecule has 0 spiro atoms. The Balaban J connectivity index is 2.02. The van der Waals surface area contributed by atoms with Gasteiger partial charge in [-0.2, -0.15) is 8.78 Å². The van der Waals surface area contributed by atoms with Crippen molar-refractivity contribution in [2.75, 3.05) is 17.6 Å². The van der Waals surface area contributed by atoms with Crippen LogP contribution >= 0.6 is 0 Å². The first kappa shape index (κ1) is 12.6. The van der Waals surface area contributed by atoms with Crippen molar-refractivity contribution < 1.29 is 17.9 Å². The topological polar surface area (TPSA) is 60.2 Å². The number of nitrogen functional groups attached to an aromatic ring is 1. The molecular weight excluding hydrogens is 271 g/mol. The molecule has 3 rings (SSSR count). The molecule has 0 atom stereocenters. The number of fused-ring (bicyclic) bond motifs is 1. The number of aromatic nitrogens is 1. The fourth-order valence-corrected chi connectivity index (χ4v) is 2.02. The Kier molecular flexibility index (Phi) is 2.70. The SMILES string of the molecule is Nc1ccc(Oc2ccnc3c2C(F)(F)CN3)c(F)c1. The van der Waals surface area contributed by atoms with Gasteiger partial charge in [-0.05, 0) is 18.2 Å². The Hall–Kier alpha value is -2.44. The van der Waals surface area contributed by atoms with Gasteiger partial charge in [0.1, 0.15) is 17.1 Å². The Morgan fingerprint density at radius 2 is 2.05 bits per heavy atom. The van der Waals surface area contributed by atoms with Gasteiger partial charge in [-0.1, -0.05) is 0 Å². The molecule has 0 aliphatic carbocycles. The Labute approximate surface area is 112 Å². The van der Waals surface area contributed by atoms with Crippen molar-refractivity contribution in [3.8, 4) is 11.5 Å². The first-order chi connectivity index (χ1) is 9.47. The number of alkyl halides is 2. The first-order valence-corrected chi connectivity index (χ1v) is 5.81. The van der Waals surface area contributed by atoms with Crippen LogP contribution < -0.4 is 15.8 Å². The highest BCUT2D eigenvalue weighted by Crippen LogP contribution is 2.45. The molecule has 0 saturated carbocycles. The third kappa shape index (κ3) is 2.01. The van der Waals surface area contributed by atoms with Crippen molar-refractivity contribution in [2.45, 2.75) is 5.92 Å². The maximum absolute atomic E-state index is 13.8. The van der Waals surface area contributed by atoms with Gasteiger partial charge >= 0.3 is 0 Å². The summed E-state index contributed by atoms with van der Waals surface area (Å²) < 4.78 is 46.4. The van der Waals surface area contributed by atoms with E-state index in [2.05, 4.69) is 10.3 Å². The molecule has 4 nitrogen and oxygen atoms in total. The minimum Gasteiger partial charge on any atom is -0.454 e. The summed E-state index contributed by atoms with van der Waals surface area (Å²) in [5, 5.41) is 2.49. The molecule has 0 fully saturated rings. The summed E-state index contributed by atoms with van der Waals surface area (Å²) in [6.45, 7) is -0.556. The second-order valence-electron chi connectivity index (χ2n) is 4.38. The highest BCUT2D eigenvalue weighted by Gasteiger charge is 2.43. The molecule has 0 radical (unpaired) electrons. The number of ether oxygens (including phenoxy) is 1. The predicted molar refractivity (Wildman–Crippen MR) is 67.5 cm³/mol. The lowest BCUT2D eigenvalue weighted by Gasteiger charge is -2.14. The minimum absolute atomic E-state index is 0.0448. The molecular formula is C13H10F3N3O. The zero-order chi connectivity index (χ0) is 14.3. The Morgan fingerprint density at radius 1 is 1.25 bits per heavy atom. The molecule has 7 heteroatoms. The van der Waals surface area contributed by atoms with E-state index in [0.717, 1.165) is 6.07 Å². The maximum Gasteiger partial charge on any atom is 0.297 e. The summed E-state index contributed by atoms with van der Waals surface area (Å²) in [5.41, 5.74) is 5.28. The van der Waals surface area contributed by atoms with Crippen LogP contribution in [0.3, 0.4) is 0 Å². The molecule has 0 saturated heterocycles. The number of rotatable bonds is 2. The molecule has 3 N–H and O–H groups in total. The van der Waals surface area contributed by atoms with E-state index in [1.165, 1.54) is 24.4 Å². The number of benzene rings is 1. The van der Waals surface area contributed by atoms with Crippen LogP contribution in [0.4, 0.5) is 24.7 Å². The van der Waals surface area contributed by atoms with Crippen molar-refractivity contribution >= 4 is 11.5 Å². The smallest absolute Gasteiger partial charge is 0.297 e. The third-order valence-corrected chi connectivity index (χ3v) is 2.93. The van der Waals surface area contributed by atoms with Gasteiger partial charge in [-0.3, -0.25) is 0 Å². The minimum atomic E-state index is -3.11. The van der Waals surface area contributed by atoms with E-state index in [9.17, 15) is 13.2 Å². The van der Waals surface area contributed by atoms with Crippen LogP contribution in [0.25, 0.3) is 0 Å². The lowest BCUT2D eigenvalue weighted by molar-refractivity contribution is 0.0166. The first-order valence-electron chi connectivity index (χ1n) is 5.81. The Bertz CT molecular complexity index is 676. The number of pyridine rings is 1. The van der Waals surface area contributed by atoms with Crippen molar-refractivity contribution in [3.05, 3.63) is 41.8 Å². The highest BCUT2D eigenvalue weighted by atomic mass is 19.3. The molecule has 0 unspecified atom stereocenters. The van der Waals surface area contributed by atoms with E-state index < -0.39 is 18.3 Å². The molecule has 1 aromatic heterocycles. The number of hydrogen-bond acceptors (Lipinski definition) is 4.